The number of aryl methyl sites for hydroxylation is 3. The number of aliphatic hydroxyl groups excluding tert-OH is 1. The van der Waals surface area contributed by atoms with Crippen LogP contribution in [0, 0.1) is 20.8 Å². The maximum absolute atomic E-state index is 13.0. The number of methoxy groups -OCH3 is 2. The summed E-state index contributed by atoms with van der Waals surface area (Å²) in [5.41, 5.74) is 3.92. The van der Waals surface area contributed by atoms with E-state index in [2.05, 4.69) is 0 Å². The fraction of sp³-hybridized carbons (Fsp3) is 0.333. The van der Waals surface area contributed by atoms with Crippen molar-refractivity contribution in [3.63, 3.8) is 0 Å². The molecule has 2 aromatic carbocycles. The maximum atomic E-state index is 13.0. The number of rotatable bonds is 6. The second-order valence-corrected chi connectivity index (χ2v) is 7.48. The molecule has 0 radical (unpaired) electrons. The van der Waals surface area contributed by atoms with Crippen molar-refractivity contribution in [2.45, 2.75) is 26.8 Å². The molecule has 1 heterocycles. The van der Waals surface area contributed by atoms with Crippen molar-refractivity contribution in [3.8, 4) is 5.75 Å². The van der Waals surface area contributed by atoms with Crippen LogP contribution >= 0.6 is 0 Å². The molecule has 0 saturated carbocycles. The molecule has 1 saturated heterocycles. The molecular formula is C24H27NO5. The third-order valence-electron chi connectivity index (χ3n) is 5.56. The van der Waals surface area contributed by atoms with Gasteiger partial charge in [-0.1, -0.05) is 24.3 Å². The van der Waals surface area contributed by atoms with Crippen LogP contribution in [0.15, 0.2) is 42.0 Å². The molecule has 3 rings (SSSR count). The molecule has 1 amide bonds. The van der Waals surface area contributed by atoms with Gasteiger partial charge in [-0.05, 0) is 55.2 Å². The average Bonchev–Trinajstić information content (AvgIpc) is 2.98. The SMILES string of the molecule is COCCN1C(=O)C(=O)/C(=C(/O)c2cc(C)c(OC)cc2C)C1c1ccccc1C. The second kappa shape index (κ2) is 8.71. The van der Waals surface area contributed by atoms with E-state index in [1.807, 2.05) is 51.1 Å². The highest BCUT2D eigenvalue weighted by Gasteiger charge is 2.46. The molecule has 0 aromatic heterocycles. The van der Waals surface area contributed by atoms with E-state index < -0.39 is 17.7 Å². The van der Waals surface area contributed by atoms with Crippen molar-refractivity contribution in [2.75, 3.05) is 27.4 Å². The number of benzene rings is 2. The van der Waals surface area contributed by atoms with Gasteiger partial charge < -0.3 is 19.5 Å². The first-order valence-corrected chi connectivity index (χ1v) is 9.80. The predicted molar refractivity (Wildman–Crippen MR) is 115 cm³/mol. The topological polar surface area (TPSA) is 76.1 Å². The summed E-state index contributed by atoms with van der Waals surface area (Å²) in [4.78, 5) is 27.4. The van der Waals surface area contributed by atoms with Crippen LogP contribution in [0.25, 0.3) is 5.76 Å². The number of amides is 1. The number of nitrogens with zero attached hydrogens (tertiary/aromatic N) is 1. The Hall–Kier alpha value is -3.12. The van der Waals surface area contributed by atoms with Gasteiger partial charge in [-0.2, -0.15) is 0 Å². The zero-order valence-corrected chi connectivity index (χ0v) is 18.0. The fourth-order valence-electron chi connectivity index (χ4n) is 3.93. The highest BCUT2D eigenvalue weighted by molar-refractivity contribution is 6.46. The van der Waals surface area contributed by atoms with Crippen molar-refractivity contribution in [1.29, 1.82) is 0 Å². The molecule has 2 aromatic rings. The van der Waals surface area contributed by atoms with Crippen molar-refractivity contribution in [3.05, 3.63) is 69.8 Å². The molecule has 6 heteroatoms. The molecule has 1 aliphatic rings. The second-order valence-electron chi connectivity index (χ2n) is 7.48. The molecule has 0 aliphatic carbocycles. The first-order chi connectivity index (χ1) is 14.3. The first-order valence-electron chi connectivity index (χ1n) is 9.80. The summed E-state index contributed by atoms with van der Waals surface area (Å²) in [6.45, 7) is 6.16. The Bertz CT molecular complexity index is 1020. The van der Waals surface area contributed by atoms with Gasteiger partial charge in [0.2, 0.25) is 0 Å². The molecule has 1 N–H and O–H groups in total. The zero-order chi connectivity index (χ0) is 22.0. The summed E-state index contributed by atoms with van der Waals surface area (Å²) < 4.78 is 10.5. The summed E-state index contributed by atoms with van der Waals surface area (Å²) in [5, 5.41) is 11.3. The van der Waals surface area contributed by atoms with E-state index >= 15 is 0 Å². The van der Waals surface area contributed by atoms with Gasteiger partial charge in [-0.25, -0.2) is 0 Å². The molecule has 0 spiro atoms. The smallest absolute Gasteiger partial charge is 0.295 e. The first kappa shape index (κ1) is 21.6. The molecule has 0 bridgehead atoms. The number of likely N-dealkylation sites (tertiary alicyclic amines) is 1. The molecule has 1 aliphatic heterocycles. The molecule has 30 heavy (non-hydrogen) atoms. The van der Waals surface area contributed by atoms with Gasteiger partial charge in [0.25, 0.3) is 11.7 Å². The number of ether oxygens (including phenoxy) is 2. The van der Waals surface area contributed by atoms with Gasteiger partial charge in [-0.15, -0.1) is 0 Å². The summed E-state index contributed by atoms with van der Waals surface area (Å²) >= 11 is 0. The van der Waals surface area contributed by atoms with Crippen LogP contribution in [0.2, 0.25) is 0 Å². The van der Waals surface area contributed by atoms with Crippen LogP contribution < -0.4 is 4.74 Å². The van der Waals surface area contributed by atoms with Gasteiger partial charge >= 0.3 is 0 Å². The lowest BCUT2D eigenvalue weighted by Gasteiger charge is -2.26. The lowest BCUT2D eigenvalue weighted by atomic mass is 9.91. The number of aliphatic hydroxyl groups is 1. The Morgan fingerprint density at radius 1 is 1.03 bits per heavy atom. The summed E-state index contributed by atoms with van der Waals surface area (Å²) in [7, 11) is 3.13. The van der Waals surface area contributed by atoms with Gasteiger partial charge in [-0.3, -0.25) is 9.59 Å². The predicted octanol–water partition coefficient (Wildman–Crippen LogP) is 3.69. The molecular weight excluding hydrogens is 382 g/mol. The minimum atomic E-state index is -0.690. The monoisotopic (exact) mass is 409 g/mol. The van der Waals surface area contributed by atoms with Crippen molar-refractivity contribution in [1.82, 2.24) is 4.90 Å². The lowest BCUT2D eigenvalue weighted by molar-refractivity contribution is -0.140. The number of ketones is 1. The average molecular weight is 409 g/mol. The molecule has 1 atom stereocenters. The highest BCUT2D eigenvalue weighted by Crippen LogP contribution is 2.41. The van der Waals surface area contributed by atoms with Crippen LogP contribution in [0.1, 0.15) is 33.9 Å². The minimum absolute atomic E-state index is 0.0954. The van der Waals surface area contributed by atoms with Gasteiger partial charge in [0.05, 0.1) is 25.3 Å². The number of hydrogen-bond donors (Lipinski definition) is 1. The van der Waals surface area contributed by atoms with Crippen LogP contribution in [0.5, 0.6) is 5.75 Å². The Kier molecular flexibility index (Phi) is 6.27. The van der Waals surface area contributed by atoms with E-state index in [0.717, 1.165) is 22.3 Å². The Balaban J connectivity index is 2.24. The number of carbonyl (C=O) groups excluding carboxylic acids is 2. The van der Waals surface area contributed by atoms with E-state index in [-0.39, 0.29) is 24.5 Å². The van der Waals surface area contributed by atoms with Crippen LogP contribution in [-0.2, 0) is 14.3 Å². The molecule has 158 valence electrons. The standard InChI is InChI=1S/C24H27NO5/c1-14-8-6-7-9-17(14)21-20(23(27)24(28)25(21)10-11-29-4)22(26)18-12-16(3)19(30-5)13-15(18)2/h6-9,12-13,21,26H,10-11H2,1-5H3/b22-20+. The Morgan fingerprint density at radius 2 is 1.73 bits per heavy atom. The summed E-state index contributed by atoms with van der Waals surface area (Å²) in [5.74, 6) is -0.806. The number of Topliss-reactive ketones (excluding diaryl/α,β-unsaturated/α-hetero) is 1. The van der Waals surface area contributed by atoms with E-state index in [9.17, 15) is 14.7 Å². The van der Waals surface area contributed by atoms with Gasteiger partial charge in [0.1, 0.15) is 11.5 Å². The lowest BCUT2D eigenvalue weighted by Crippen LogP contribution is -2.33. The molecule has 1 fully saturated rings. The Labute approximate surface area is 176 Å². The molecule has 1 unspecified atom stereocenters. The van der Waals surface area contributed by atoms with Crippen molar-refractivity contribution < 1.29 is 24.2 Å². The highest BCUT2D eigenvalue weighted by atomic mass is 16.5. The third kappa shape index (κ3) is 3.71. The minimum Gasteiger partial charge on any atom is -0.507 e. The van der Waals surface area contributed by atoms with E-state index in [4.69, 9.17) is 9.47 Å². The van der Waals surface area contributed by atoms with E-state index in [1.165, 1.54) is 4.90 Å². The Morgan fingerprint density at radius 3 is 2.37 bits per heavy atom. The fourth-order valence-corrected chi connectivity index (χ4v) is 3.93. The van der Waals surface area contributed by atoms with Gasteiger partial charge in [0, 0.05) is 19.2 Å². The summed E-state index contributed by atoms with van der Waals surface area (Å²) in [6, 6.07) is 10.5. The van der Waals surface area contributed by atoms with Crippen molar-refractivity contribution >= 4 is 17.4 Å². The van der Waals surface area contributed by atoms with E-state index in [0.29, 0.717) is 11.3 Å². The van der Waals surface area contributed by atoms with E-state index in [1.54, 1.807) is 20.3 Å². The zero-order valence-electron chi connectivity index (χ0n) is 18.0. The van der Waals surface area contributed by atoms with Crippen molar-refractivity contribution in [2.24, 2.45) is 0 Å². The maximum Gasteiger partial charge on any atom is 0.295 e. The van der Waals surface area contributed by atoms with Crippen LogP contribution in [-0.4, -0.2) is 49.1 Å². The van der Waals surface area contributed by atoms with Crippen LogP contribution in [0.3, 0.4) is 0 Å². The largest absolute Gasteiger partial charge is 0.507 e. The molecule has 6 nitrogen and oxygen atoms in total. The number of hydrogen-bond acceptors (Lipinski definition) is 5. The quantitative estimate of drug-likeness (QED) is 0.447. The van der Waals surface area contributed by atoms with Gasteiger partial charge in [0.15, 0.2) is 0 Å². The number of carbonyl (C=O) groups is 2. The van der Waals surface area contributed by atoms with Crippen LogP contribution in [0.4, 0.5) is 0 Å². The normalized spacial score (nSPS) is 18.2. The summed E-state index contributed by atoms with van der Waals surface area (Å²) in [6.07, 6.45) is 0. The third-order valence-corrected chi connectivity index (χ3v) is 5.56.